The molecule has 14 heavy (non-hydrogen) atoms. The van der Waals surface area contributed by atoms with Gasteiger partial charge >= 0.3 is 0 Å². The van der Waals surface area contributed by atoms with Gasteiger partial charge in [-0.05, 0) is 62.2 Å². The zero-order valence-electron chi connectivity index (χ0n) is 8.78. The molecule has 0 aromatic carbocycles. The van der Waals surface area contributed by atoms with Crippen LogP contribution in [0.15, 0.2) is 0 Å². The Hall–Kier alpha value is -0.0800. The van der Waals surface area contributed by atoms with Crippen LogP contribution in [-0.4, -0.2) is 13.2 Å². The van der Waals surface area contributed by atoms with Crippen LogP contribution in [0.2, 0.25) is 0 Å². The van der Waals surface area contributed by atoms with E-state index in [-0.39, 0.29) is 0 Å². The quantitative estimate of drug-likeness (QED) is 0.555. The topological polar surface area (TPSA) is 18.5 Å². The number of rotatable bonds is 0. The third kappa shape index (κ3) is 1.82. The van der Waals surface area contributed by atoms with E-state index in [0.717, 1.165) is 13.2 Å². The fourth-order valence-corrected chi connectivity index (χ4v) is 4.07. The molecular weight excluding hydrogens is 176 g/mol. The van der Waals surface area contributed by atoms with E-state index in [9.17, 15) is 0 Å². The Morgan fingerprint density at radius 3 is 0.857 bits per heavy atom. The molecule has 1 aliphatic heterocycles. The van der Waals surface area contributed by atoms with E-state index in [0.29, 0.717) is 0 Å². The lowest BCUT2D eigenvalue weighted by Crippen LogP contribution is -2.38. The van der Waals surface area contributed by atoms with Crippen molar-refractivity contribution in [3.05, 3.63) is 0 Å². The van der Waals surface area contributed by atoms with Gasteiger partial charge in [-0.2, -0.15) is 0 Å². The molecule has 80 valence electrons. The Labute approximate surface area is 85.9 Å². The smallest absolute Gasteiger partial charge is 0.109 e. The fourth-order valence-electron chi connectivity index (χ4n) is 4.07. The molecule has 0 amide bonds. The van der Waals surface area contributed by atoms with Crippen molar-refractivity contribution in [3.63, 3.8) is 0 Å². The molecule has 5 rings (SSSR count). The van der Waals surface area contributed by atoms with Crippen LogP contribution >= 0.6 is 0 Å². The lowest BCUT2D eigenvalue weighted by Gasteiger charge is -2.49. The number of hydrogen-bond acceptors (Lipinski definition) is 2. The van der Waals surface area contributed by atoms with Crippen LogP contribution in [-0.2, 0) is 9.78 Å². The summed E-state index contributed by atoms with van der Waals surface area (Å²) in [5, 5.41) is 0. The van der Waals surface area contributed by atoms with Gasteiger partial charge in [0.15, 0.2) is 0 Å². The molecular formula is C12H20O2. The minimum atomic E-state index is 0.778. The third-order valence-corrected chi connectivity index (χ3v) is 4.33. The van der Waals surface area contributed by atoms with Crippen molar-refractivity contribution < 1.29 is 9.78 Å². The summed E-state index contributed by atoms with van der Waals surface area (Å²) in [4.78, 5) is 8.44. The molecule has 0 unspecified atom stereocenters. The summed E-state index contributed by atoms with van der Waals surface area (Å²) in [5.74, 6) is 4.71. The van der Waals surface area contributed by atoms with E-state index in [1.54, 1.807) is 38.5 Å². The summed E-state index contributed by atoms with van der Waals surface area (Å²) in [6, 6.07) is 0. The molecule has 2 nitrogen and oxygen atoms in total. The molecule has 0 aromatic heterocycles. The van der Waals surface area contributed by atoms with Gasteiger partial charge in [0.05, 0.1) is 0 Å². The molecule has 0 aromatic rings. The van der Waals surface area contributed by atoms with E-state index in [1.165, 1.54) is 23.7 Å². The van der Waals surface area contributed by atoms with Crippen LogP contribution < -0.4 is 0 Å². The van der Waals surface area contributed by atoms with Gasteiger partial charge in [-0.15, -0.1) is 0 Å². The Kier molecular flexibility index (Phi) is 2.50. The largest absolute Gasteiger partial charge is 0.234 e. The predicted molar refractivity (Wildman–Crippen MR) is 53.6 cm³/mol. The number of hydrogen-bond donors (Lipinski definition) is 0. The Bertz CT molecular complexity index is 138. The first-order valence-corrected chi connectivity index (χ1v) is 6.14. The monoisotopic (exact) mass is 196 g/mol. The van der Waals surface area contributed by atoms with Gasteiger partial charge in [-0.1, -0.05) is 0 Å². The van der Waals surface area contributed by atoms with E-state index >= 15 is 0 Å². The molecule has 4 saturated carbocycles. The molecule has 4 aliphatic carbocycles. The van der Waals surface area contributed by atoms with Gasteiger partial charge in [0.2, 0.25) is 0 Å². The maximum atomic E-state index is 4.22. The molecule has 1 heterocycles. The van der Waals surface area contributed by atoms with Gasteiger partial charge in [-0.25, -0.2) is 9.78 Å². The average Bonchev–Trinajstić information content (AvgIpc) is 1.96. The first-order valence-electron chi connectivity index (χ1n) is 6.14. The second kappa shape index (κ2) is 3.82. The maximum Gasteiger partial charge on any atom is 0.109 e. The van der Waals surface area contributed by atoms with Crippen molar-refractivity contribution in [3.8, 4) is 0 Å². The molecule has 0 atom stereocenters. The summed E-state index contributed by atoms with van der Waals surface area (Å²) in [7, 11) is 0. The predicted octanol–water partition coefficient (Wildman–Crippen LogP) is 2.78. The van der Waals surface area contributed by atoms with Crippen molar-refractivity contribution in [1.29, 1.82) is 0 Å². The van der Waals surface area contributed by atoms with E-state index in [1.807, 2.05) is 0 Å². The first kappa shape index (κ1) is 9.17. The molecule has 2 heteroatoms. The normalized spacial score (nSPS) is 48.0. The van der Waals surface area contributed by atoms with Crippen molar-refractivity contribution in [2.45, 2.75) is 38.5 Å². The highest BCUT2D eigenvalue weighted by Crippen LogP contribution is 2.53. The molecule has 4 bridgehead atoms. The van der Waals surface area contributed by atoms with Crippen LogP contribution in [0.1, 0.15) is 38.5 Å². The molecule has 5 fully saturated rings. The van der Waals surface area contributed by atoms with Gasteiger partial charge in [0.1, 0.15) is 13.2 Å². The van der Waals surface area contributed by atoms with E-state index in [4.69, 9.17) is 0 Å². The summed E-state index contributed by atoms with van der Waals surface area (Å²) < 4.78 is 0. The summed E-state index contributed by atoms with van der Waals surface area (Å²) in [6.45, 7) is 1.56. The lowest BCUT2D eigenvalue weighted by molar-refractivity contribution is -0.382. The fraction of sp³-hybridized carbons (Fsp3) is 1.00. The van der Waals surface area contributed by atoms with Gasteiger partial charge in [-0.3, -0.25) is 0 Å². The SMILES string of the molecule is C1C2CC3CC1CC(C2)C3.C1COO1. The lowest BCUT2D eigenvalue weighted by atomic mass is 9.56. The summed E-state index contributed by atoms with van der Waals surface area (Å²) >= 11 is 0. The minimum absolute atomic E-state index is 0.778. The minimum Gasteiger partial charge on any atom is -0.234 e. The highest BCUT2D eigenvalue weighted by Gasteiger charge is 2.41. The van der Waals surface area contributed by atoms with Crippen molar-refractivity contribution in [2.75, 3.05) is 13.2 Å². The molecule has 5 aliphatic rings. The second-order valence-electron chi connectivity index (χ2n) is 5.52. The molecule has 0 N–H and O–H groups in total. The van der Waals surface area contributed by atoms with E-state index in [2.05, 4.69) is 9.78 Å². The average molecular weight is 196 g/mol. The van der Waals surface area contributed by atoms with Gasteiger partial charge in [0.25, 0.3) is 0 Å². The second-order valence-corrected chi connectivity index (χ2v) is 5.52. The van der Waals surface area contributed by atoms with Crippen LogP contribution in [0.25, 0.3) is 0 Å². The first-order chi connectivity index (χ1) is 6.90. The van der Waals surface area contributed by atoms with Crippen molar-refractivity contribution >= 4 is 0 Å². The van der Waals surface area contributed by atoms with Crippen molar-refractivity contribution in [1.82, 2.24) is 0 Å². The van der Waals surface area contributed by atoms with Crippen LogP contribution in [0.3, 0.4) is 0 Å². The van der Waals surface area contributed by atoms with Gasteiger partial charge < -0.3 is 0 Å². The summed E-state index contributed by atoms with van der Waals surface area (Å²) in [6.07, 6.45) is 9.62. The Morgan fingerprint density at radius 2 is 0.714 bits per heavy atom. The molecule has 1 saturated heterocycles. The van der Waals surface area contributed by atoms with Crippen LogP contribution in [0.5, 0.6) is 0 Å². The standard InChI is InChI=1S/C10H16.C2H4O2/c1-7-2-9-4-8(1)5-10(3-7)6-9;1-2-4-3-1/h7-10H,1-6H2;1-2H2. The maximum absolute atomic E-state index is 4.22. The van der Waals surface area contributed by atoms with Crippen molar-refractivity contribution in [2.24, 2.45) is 23.7 Å². The highest BCUT2D eigenvalue weighted by atomic mass is 17.2. The van der Waals surface area contributed by atoms with Crippen LogP contribution in [0.4, 0.5) is 0 Å². The molecule has 0 spiro atoms. The highest BCUT2D eigenvalue weighted by molar-refractivity contribution is 4.92. The zero-order chi connectivity index (χ0) is 9.38. The van der Waals surface area contributed by atoms with E-state index < -0.39 is 0 Å². The zero-order valence-corrected chi connectivity index (χ0v) is 8.78. The van der Waals surface area contributed by atoms with Gasteiger partial charge in [0, 0.05) is 0 Å². The third-order valence-electron chi connectivity index (χ3n) is 4.33. The Balaban J connectivity index is 0.000000136. The Morgan fingerprint density at radius 1 is 0.500 bits per heavy atom. The van der Waals surface area contributed by atoms with Crippen LogP contribution in [0, 0.1) is 23.7 Å². The molecule has 0 radical (unpaired) electrons. The summed E-state index contributed by atoms with van der Waals surface area (Å²) in [5.41, 5.74) is 0.